The fraction of sp³-hybridized carbons (Fsp3) is 0.333. The molecule has 1 heterocycles. The lowest BCUT2D eigenvalue weighted by Crippen LogP contribution is -2.14. The van der Waals surface area contributed by atoms with E-state index in [1.165, 1.54) is 11.3 Å². The number of carboxylic acid groups (broad SMARTS) is 1. The van der Waals surface area contributed by atoms with E-state index < -0.39 is 5.97 Å². The van der Waals surface area contributed by atoms with Crippen molar-refractivity contribution in [3.05, 3.63) is 40.2 Å². The lowest BCUT2D eigenvalue weighted by atomic mass is 10.1. The highest BCUT2D eigenvalue weighted by molar-refractivity contribution is 7.12. The zero-order valence-electron chi connectivity index (χ0n) is 11.7. The summed E-state index contributed by atoms with van der Waals surface area (Å²) in [6.07, 6.45) is 0.876. The summed E-state index contributed by atoms with van der Waals surface area (Å²) in [6.45, 7) is 0.911. The van der Waals surface area contributed by atoms with E-state index in [0.29, 0.717) is 0 Å². The van der Waals surface area contributed by atoms with Crippen LogP contribution in [0.5, 0.6) is 0 Å². The van der Waals surface area contributed by atoms with Gasteiger partial charge < -0.3 is 10.0 Å². The number of benzene rings is 1. The first kappa shape index (κ1) is 14.7. The Morgan fingerprint density at radius 2 is 2.00 bits per heavy atom. The highest BCUT2D eigenvalue weighted by Gasteiger charge is 2.15. The van der Waals surface area contributed by atoms with Crippen LogP contribution in [0.3, 0.4) is 0 Å². The van der Waals surface area contributed by atoms with E-state index in [1.807, 2.05) is 44.4 Å². The van der Waals surface area contributed by atoms with E-state index in [4.69, 9.17) is 5.11 Å². The number of likely N-dealkylation sites (N-methyl/N-ethyl adjacent to an activating group) is 1. The molecule has 0 unspecified atom stereocenters. The fourth-order valence-electron chi connectivity index (χ4n) is 1.91. The molecule has 1 aromatic carbocycles. The van der Waals surface area contributed by atoms with E-state index in [9.17, 15) is 4.79 Å². The molecule has 0 saturated heterocycles. The van der Waals surface area contributed by atoms with Crippen molar-refractivity contribution in [1.82, 2.24) is 9.88 Å². The predicted molar refractivity (Wildman–Crippen MR) is 81.1 cm³/mol. The molecule has 0 aliphatic rings. The number of hydrogen-bond donors (Lipinski definition) is 1. The highest BCUT2D eigenvalue weighted by Crippen LogP contribution is 2.29. The third kappa shape index (κ3) is 3.88. The van der Waals surface area contributed by atoms with Crippen LogP contribution in [0.25, 0.3) is 11.3 Å². The van der Waals surface area contributed by atoms with Crippen LogP contribution in [0.15, 0.2) is 30.3 Å². The lowest BCUT2D eigenvalue weighted by molar-refractivity contribution is -0.136. The molecule has 5 heteroatoms. The van der Waals surface area contributed by atoms with E-state index in [1.54, 1.807) is 0 Å². The first-order valence-electron chi connectivity index (χ1n) is 6.47. The van der Waals surface area contributed by atoms with Gasteiger partial charge in [0, 0.05) is 23.4 Å². The maximum absolute atomic E-state index is 11.0. The molecule has 1 N–H and O–H groups in total. The second kappa shape index (κ2) is 6.63. The number of carbonyl (C=O) groups is 1. The molecule has 0 fully saturated rings. The van der Waals surface area contributed by atoms with Crippen LogP contribution in [-0.4, -0.2) is 41.6 Å². The van der Waals surface area contributed by atoms with E-state index in [2.05, 4.69) is 9.88 Å². The Morgan fingerprint density at radius 3 is 2.60 bits per heavy atom. The Bertz CT molecular complexity index is 579. The van der Waals surface area contributed by atoms with Crippen LogP contribution in [0, 0.1) is 0 Å². The summed E-state index contributed by atoms with van der Waals surface area (Å²) in [6, 6.07) is 9.77. The Kier molecular flexibility index (Phi) is 4.87. The first-order valence-corrected chi connectivity index (χ1v) is 7.28. The molecule has 0 aliphatic heterocycles. The largest absolute Gasteiger partial charge is 0.481 e. The van der Waals surface area contributed by atoms with Gasteiger partial charge in [-0.2, -0.15) is 0 Å². The molecule has 0 aliphatic carbocycles. The number of hydrogen-bond acceptors (Lipinski definition) is 4. The zero-order valence-corrected chi connectivity index (χ0v) is 12.5. The van der Waals surface area contributed by atoms with Gasteiger partial charge in [0.25, 0.3) is 0 Å². The summed E-state index contributed by atoms with van der Waals surface area (Å²) in [7, 11) is 4.04. The number of aromatic nitrogens is 1. The van der Waals surface area contributed by atoms with Crippen LogP contribution in [-0.2, 0) is 17.6 Å². The average molecular weight is 290 g/mol. The first-order chi connectivity index (χ1) is 9.56. The van der Waals surface area contributed by atoms with Crippen molar-refractivity contribution < 1.29 is 9.90 Å². The van der Waals surface area contributed by atoms with Gasteiger partial charge in [0.15, 0.2) is 0 Å². The van der Waals surface area contributed by atoms with Crippen LogP contribution >= 0.6 is 11.3 Å². The van der Waals surface area contributed by atoms with Crippen molar-refractivity contribution in [3.8, 4) is 11.3 Å². The van der Waals surface area contributed by atoms with Crippen molar-refractivity contribution in [3.63, 3.8) is 0 Å². The van der Waals surface area contributed by atoms with Crippen LogP contribution in [0.4, 0.5) is 0 Å². The van der Waals surface area contributed by atoms with Crippen molar-refractivity contribution in [2.75, 3.05) is 20.6 Å². The van der Waals surface area contributed by atoms with Crippen LogP contribution in [0.1, 0.15) is 9.88 Å². The summed E-state index contributed by atoms with van der Waals surface area (Å²) in [5.41, 5.74) is 1.79. The summed E-state index contributed by atoms with van der Waals surface area (Å²) in [5, 5.41) is 10.0. The molecule has 20 heavy (non-hydrogen) atoms. The molecule has 106 valence electrons. The molecule has 4 nitrogen and oxygen atoms in total. The van der Waals surface area contributed by atoms with Gasteiger partial charge in [0.2, 0.25) is 0 Å². The van der Waals surface area contributed by atoms with E-state index in [-0.39, 0.29) is 6.42 Å². The number of aliphatic carboxylic acids is 1. The average Bonchev–Trinajstić information content (AvgIpc) is 2.79. The number of rotatable bonds is 6. The molecule has 0 atom stereocenters. The Hall–Kier alpha value is -1.72. The topological polar surface area (TPSA) is 53.4 Å². The fourth-order valence-corrected chi connectivity index (χ4v) is 2.98. The Balaban J connectivity index is 2.30. The SMILES string of the molecule is CN(C)CCc1nc(-c2ccccc2)c(CC(=O)O)s1. The Morgan fingerprint density at radius 1 is 1.30 bits per heavy atom. The molecule has 0 amide bonds. The summed E-state index contributed by atoms with van der Waals surface area (Å²) in [4.78, 5) is 18.6. The summed E-state index contributed by atoms with van der Waals surface area (Å²) in [5.74, 6) is -0.815. The standard InChI is InChI=1S/C15H18N2O2S/c1-17(2)9-8-13-16-15(11-6-4-3-5-7-11)12(20-13)10-14(18)19/h3-7H,8-10H2,1-2H3,(H,18,19). The molecular formula is C15H18N2O2S. The molecule has 0 bridgehead atoms. The number of carboxylic acids is 1. The van der Waals surface area contributed by atoms with Gasteiger partial charge in [-0.15, -0.1) is 11.3 Å². The molecular weight excluding hydrogens is 272 g/mol. The number of nitrogens with zero attached hydrogens (tertiary/aromatic N) is 2. The molecule has 2 rings (SSSR count). The molecule has 0 saturated carbocycles. The minimum absolute atomic E-state index is 0.0316. The van der Waals surface area contributed by atoms with E-state index >= 15 is 0 Å². The predicted octanol–water partition coefficient (Wildman–Crippen LogP) is 2.54. The number of thiazole rings is 1. The lowest BCUT2D eigenvalue weighted by Gasteiger charge is -2.06. The summed E-state index contributed by atoms with van der Waals surface area (Å²) >= 11 is 1.51. The summed E-state index contributed by atoms with van der Waals surface area (Å²) < 4.78 is 0. The zero-order chi connectivity index (χ0) is 14.5. The smallest absolute Gasteiger partial charge is 0.308 e. The van der Waals surface area contributed by atoms with Crippen LogP contribution in [0.2, 0.25) is 0 Å². The van der Waals surface area contributed by atoms with Gasteiger partial charge in [-0.05, 0) is 14.1 Å². The van der Waals surface area contributed by atoms with Gasteiger partial charge in [-0.1, -0.05) is 30.3 Å². The van der Waals surface area contributed by atoms with Gasteiger partial charge in [-0.25, -0.2) is 4.98 Å². The minimum atomic E-state index is -0.815. The van der Waals surface area contributed by atoms with Gasteiger partial charge in [-0.3, -0.25) is 4.79 Å². The normalized spacial score (nSPS) is 10.9. The highest BCUT2D eigenvalue weighted by atomic mass is 32.1. The molecule has 0 radical (unpaired) electrons. The van der Waals surface area contributed by atoms with E-state index in [0.717, 1.165) is 34.1 Å². The molecule has 2 aromatic rings. The van der Waals surface area contributed by atoms with Gasteiger partial charge >= 0.3 is 5.97 Å². The van der Waals surface area contributed by atoms with Gasteiger partial charge in [0.05, 0.1) is 17.1 Å². The molecule has 0 spiro atoms. The Labute approximate surface area is 122 Å². The van der Waals surface area contributed by atoms with Crippen molar-refractivity contribution >= 4 is 17.3 Å². The van der Waals surface area contributed by atoms with Crippen LogP contribution < -0.4 is 0 Å². The quantitative estimate of drug-likeness (QED) is 0.888. The maximum Gasteiger partial charge on any atom is 0.308 e. The minimum Gasteiger partial charge on any atom is -0.481 e. The monoisotopic (exact) mass is 290 g/mol. The third-order valence-electron chi connectivity index (χ3n) is 2.87. The molecule has 1 aromatic heterocycles. The van der Waals surface area contributed by atoms with Crippen molar-refractivity contribution in [2.45, 2.75) is 12.8 Å². The maximum atomic E-state index is 11.0. The second-order valence-electron chi connectivity index (χ2n) is 4.87. The van der Waals surface area contributed by atoms with Gasteiger partial charge in [0.1, 0.15) is 0 Å². The third-order valence-corrected chi connectivity index (χ3v) is 3.99. The van der Waals surface area contributed by atoms with Crippen molar-refractivity contribution in [2.24, 2.45) is 0 Å². The second-order valence-corrected chi connectivity index (χ2v) is 6.04. The van der Waals surface area contributed by atoms with Crippen molar-refractivity contribution in [1.29, 1.82) is 0 Å².